The summed E-state index contributed by atoms with van der Waals surface area (Å²) in [6, 6.07) is 12.4. The maximum atomic E-state index is 15.2. The minimum Gasteiger partial charge on any atom is -0.436 e. The summed E-state index contributed by atoms with van der Waals surface area (Å²) in [5.74, 6) is -0.252. The van der Waals surface area contributed by atoms with Crippen LogP contribution in [0.4, 0.5) is 4.39 Å². The van der Waals surface area contributed by atoms with Crippen LogP contribution < -0.4 is 15.0 Å². The lowest BCUT2D eigenvalue weighted by molar-refractivity contribution is 0.0836. The predicted molar refractivity (Wildman–Crippen MR) is 119 cm³/mol. The number of hydrogen-bond donors (Lipinski definition) is 1. The van der Waals surface area contributed by atoms with Crippen LogP contribution in [0.15, 0.2) is 58.9 Å². The van der Waals surface area contributed by atoms with Gasteiger partial charge in [0.2, 0.25) is 5.82 Å². The van der Waals surface area contributed by atoms with Crippen molar-refractivity contribution < 1.29 is 23.5 Å². The van der Waals surface area contributed by atoms with Crippen molar-refractivity contribution in [2.75, 3.05) is 20.3 Å². The second-order valence-electron chi connectivity index (χ2n) is 7.00. The molecule has 0 amide bonds. The highest BCUT2D eigenvalue weighted by molar-refractivity contribution is 6.47. The van der Waals surface area contributed by atoms with Crippen molar-refractivity contribution in [3.8, 4) is 23.3 Å². The van der Waals surface area contributed by atoms with Crippen LogP contribution >= 0.6 is 0 Å². The fraction of sp³-hybridized carbons (Fsp3) is 0.217. The zero-order chi connectivity index (χ0) is 23.2. The first-order valence-electron chi connectivity index (χ1n) is 10.1. The van der Waals surface area contributed by atoms with E-state index < -0.39 is 5.82 Å². The third-order valence-electron chi connectivity index (χ3n) is 4.87. The van der Waals surface area contributed by atoms with Gasteiger partial charge in [0.05, 0.1) is 18.7 Å². The molecule has 0 bridgehead atoms. The Hall–Kier alpha value is -4.05. The first kappa shape index (κ1) is 22.2. The molecule has 3 aromatic rings. The van der Waals surface area contributed by atoms with Crippen LogP contribution in [0.25, 0.3) is 0 Å². The van der Waals surface area contributed by atoms with Crippen LogP contribution in [-0.4, -0.2) is 41.8 Å². The Morgan fingerprint density at radius 1 is 1.03 bits per heavy atom. The Morgan fingerprint density at radius 2 is 1.76 bits per heavy atom. The van der Waals surface area contributed by atoms with Crippen molar-refractivity contribution in [1.82, 2.24) is 15.4 Å². The Kier molecular flexibility index (Phi) is 6.75. The highest BCUT2D eigenvalue weighted by Crippen LogP contribution is 2.32. The standard InChI is InChI=1S/C23H22FN5O4/c1-14-7-6-10-17(15(14)2)32-22-19(24)23(27-13-26-22)33-18-9-5-4-8-16(18)20(28-30-3)21-25-11-12-31-29-21/h4-10,13H,11-12H2,1-3H3,(H,25,29)/b28-20+. The molecule has 0 aliphatic carbocycles. The van der Waals surface area contributed by atoms with Crippen LogP contribution in [0.5, 0.6) is 23.3 Å². The topological polar surface area (TPSA) is 99.5 Å². The summed E-state index contributed by atoms with van der Waals surface area (Å²) in [5.41, 5.74) is 5.43. The Bertz CT molecular complexity index is 1220. The van der Waals surface area contributed by atoms with Gasteiger partial charge in [-0.2, -0.15) is 14.4 Å². The number of nitrogens with zero attached hydrogens (tertiary/aromatic N) is 4. The average Bonchev–Trinajstić information content (AvgIpc) is 2.84. The lowest BCUT2D eigenvalue weighted by Crippen LogP contribution is -2.37. The fourth-order valence-electron chi connectivity index (χ4n) is 3.06. The highest BCUT2D eigenvalue weighted by Gasteiger charge is 2.22. The average molecular weight is 451 g/mol. The predicted octanol–water partition coefficient (Wildman–Crippen LogP) is 4.10. The smallest absolute Gasteiger partial charge is 0.263 e. The van der Waals surface area contributed by atoms with Crippen molar-refractivity contribution >= 4 is 11.5 Å². The van der Waals surface area contributed by atoms with E-state index in [4.69, 9.17) is 19.1 Å². The van der Waals surface area contributed by atoms with Crippen molar-refractivity contribution in [3.63, 3.8) is 0 Å². The third kappa shape index (κ3) is 4.90. The minimum atomic E-state index is -0.838. The molecule has 4 rings (SSSR count). The molecule has 2 heterocycles. The first-order chi connectivity index (χ1) is 16.1. The highest BCUT2D eigenvalue weighted by atomic mass is 19.1. The van der Waals surface area contributed by atoms with Gasteiger partial charge in [0.25, 0.3) is 11.8 Å². The van der Waals surface area contributed by atoms with Gasteiger partial charge in [0.15, 0.2) is 11.5 Å². The molecular weight excluding hydrogens is 429 g/mol. The number of ether oxygens (including phenoxy) is 2. The number of halogens is 1. The first-order valence-corrected chi connectivity index (χ1v) is 10.1. The molecule has 0 spiro atoms. The van der Waals surface area contributed by atoms with Crippen LogP contribution in [-0.2, 0) is 9.68 Å². The molecule has 0 radical (unpaired) electrons. The zero-order valence-corrected chi connectivity index (χ0v) is 18.3. The van der Waals surface area contributed by atoms with E-state index in [1.807, 2.05) is 26.0 Å². The number of hydroxylamine groups is 1. The van der Waals surface area contributed by atoms with Crippen molar-refractivity contribution in [2.45, 2.75) is 13.8 Å². The van der Waals surface area contributed by atoms with E-state index in [-0.39, 0.29) is 17.5 Å². The molecule has 1 aromatic heterocycles. The summed E-state index contributed by atoms with van der Waals surface area (Å²) in [6.45, 7) is 4.71. The largest absolute Gasteiger partial charge is 0.436 e. The van der Waals surface area contributed by atoms with E-state index in [9.17, 15) is 0 Å². The van der Waals surface area contributed by atoms with Crippen molar-refractivity contribution in [1.29, 1.82) is 0 Å². The molecular formula is C23H22FN5O4. The maximum absolute atomic E-state index is 15.2. The van der Waals surface area contributed by atoms with E-state index in [0.717, 1.165) is 11.1 Å². The Labute approximate surface area is 189 Å². The number of rotatable bonds is 7. The van der Waals surface area contributed by atoms with E-state index in [1.165, 1.54) is 13.4 Å². The monoisotopic (exact) mass is 451 g/mol. The number of aliphatic imine (C=N–C) groups is 1. The van der Waals surface area contributed by atoms with Crippen LogP contribution in [0.2, 0.25) is 0 Å². The SMILES string of the molecule is CO/N=C(/C1=NCCON1)c1ccccc1Oc1ncnc(Oc2cccc(C)c2C)c1F. The molecule has 1 aliphatic rings. The van der Waals surface area contributed by atoms with Gasteiger partial charge in [0, 0.05) is 0 Å². The second-order valence-corrected chi connectivity index (χ2v) is 7.00. The fourth-order valence-corrected chi connectivity index (χ4v) is 3.06. The molecule has 1 N–H and O–H groups in total. The van der Waals surface area contributed by atoms with E-state index in [0.29, 0.717) is 36.0 Å². The summed E-state index contributed by atoms with van der Waals surface area (Å²) in [6.07, 6.45) is 1.17. The Morgan fingerprint density at radius 3 is 2.48 bits per heavy atom. The second kappa shape index (κ2) is 10.0. The minimum absolute atomic E-state index is 0.247. The van der Waals surface area contributed by atoms with E-state index >= 15 is 4.39 Å². The molecule has 2 aromatic carbocycles. The number of aryl methyl sites for hydroxylation is 1. The van der Waals surface area contributed by atoms with Crippen molar-refractivity contribution in [3.05, 3.63) is 71.3 Å². The summed E-state index contributed by atoms with van der Waals surface area (Å²) >= 11 is 0. The number of benzene rings is 2. The zero-order valence-electron chi connectivity index (χ0n) is 18.3. The molecule has 33 heavy (non-hydrogen) atoms. The quantitative estimate of drug-likeness (QED) is 0.426. The van der Waals surface area contributed by atoms with Crippen LogP contribution in [0, 0.1) is 19.7 Å². The number of aromatic nitrogens is 2. The molecule has 0 unspecified atom stereocenters. The number of para-hydroxylation sites is 1. The normalized spacial score (nSPS) is 13.7. The number of oxime groups is 1. The van der Waals surface area contributed by atoms with Gasteiger partial charge < -0.3 is 14.3 Å². The molecule has 1 aliphatic heterocycles. The van der Waals surface area contributed by atoms with E-state index in [1.54, 1.807) is 30.3 Å². The summed E-state index contributed by atoms with van der Waals surface area (Å²) < 4.78 is 26.8. The lowest BCUT2D eigenvalue weighted by Gasteiger charge is -2.18. The van der Waals surface area contributed by atoms with Crippen molar-refractivity contribution in [2.24, 2.45) is 10.1 Å². The van der Waals surface area contributed by atoms with Gasteiger partial charge in [-0.15, -0.1) is 0 Å². The molecule has 9 nitrogen and oxygen atoms in total. The third-order valence-corrected chi connectivity index (χ3v) is 4.87. The molecule has 170 valence electrons. The lowest BCUT2D eigenvalue weighted by atomic mass is 10.1. The molecule has 0 atom stereocenters. The maximum Gasteiger partial charge on any atom is 0.263 e. The van der Waals surface area contributed by atoms with Gasteiger partial charge in [0.1, 0.15) is 24.9 Å². The van der Waals surface area contributed by atoms with Crippen LogP contribution in [0.3, 0.4) is 0 Å². The summed E-state index contributed by atoms with van der Waals surface area (Å²) in [7, 11) is 1.41. The summed E-state index contributed by atoms with van der Waals surface area (Å²) in [5, 5.41) is 4.05. The number of amidine groups is 1. The molecule has 0 saturated heterocycles. The van der Waals surface area contributed by atoms with Gasteiger partial charge in [-0.25, -0.2) is 5.48 Å². The number of nitrogens with one attached hydrogen (secondary N) is 1. The molecule has 0 saturated carbocycles. The summed E-state index contributed by atoms with van der Waals surface area (Å²) in [4.78, 5) is 22.5. The molecule has 10 heteroatoms. The van der Waals surface area contributed by atoms with E-state index in [2.05, 4.69) is 25.6 Å². The van der Waals surface area contributed by atoms with Gasteiger partial charge >= 0.3 is 0 Å². The molecule has 0 fully saturated rings. The van der Waals surface area contributed by atoms with Gasteiger partial charge in [-0.1, -0.05) is 29.4 Å². The van der Waals surface area contributed by atoms with Crippen LogP contribution in [0.1, 0.15) is 16.7 Å². The van der Waals surface area contributed by atoms with Gasteiger partial charge in [-0.05, 0) is 43.2 Å². The Balaban J connectivity index is 1.67. The van der Waals surface area contributed by atoms with Gasteiger partial charge in [-0.3, -0.25) is 9.83 Å². The number of hydrogen-bond acceptors (Lipinski definition) is 9.